The Hall–Kier alpha value is -0.390. The van der Waals surface area contributed by atoms with Crippen LogP contribution in [-0.4, -0.2) is 26.3 Å². The van der Waals surface area contributed by atoms with Crippen LogP contribution >= 0.6 is 11.6 Å². The summed E-state index contributed by atoms with van der Waals surface area (Å²) in [5.41, 5.74) is 7.10. The van der Waals surface area contributed by atoms with Gasteiger partial charge in [-0.15, -0.1) is 0 Å². The van der Waals surface area contributed by atoms with E-state index in [4.69, 9.17) is 17.3 Å². The van der Waals surface area contributed by atoms with Gasteiger partial charge in [0, 0.05) is 23.6 Å². The second-order valence-electron chi connectivity index (χ2n) is 3.62. The molecule has 0 aromatic carbocycles. The summed E-state index contributed by atoms with van der Waals surface area (Å²) < 4.78 is 13.5. The van der Waals surface area contributed by atoms with E-state index in [1.165, 1.54) is 0 Å². The monoisotopic (exact) mass is 263 g/mol. The van der Waals surface area contributed by atoms with Crippen LogP contribution in [0.4, 0.5) is 0 Å². The molecule has 4 nitrogen and oxygen atoms in total. The van der Waals surface area contributed by atoms with E-state index in [9.17, 15) is 4.21 Å². The standard InChI is InChI=1S/C10H18ClN3OS/c1-3-8-10(11)9(14(2)13-8)7-16(15)6-4-5-12/h3-7,12H2,1-2H3. The molecule has 1 unspecified atom stereocenters. The van der Waals surface area contributed by atoms with Crippen molar-refractivity contribution in [2.24, 2.45) is 12.8 Å². The molecule has 92 valence electrons. The lowest BCUT2D eigenvalue weighted by Gasteiger charge is -2.02. The van der Waals surface area contributed by atoms with Gasteiger partial charge in [0.25, 0.3) is 0 Å². The van der Waals surface area contributed by atoms with E-state index in [2.05, 4.69) is 5.10 Å². The number of nitrogens with zero attached hydrogens (tertiary/aromatic N) is 2. The average molecular weight is 264 g/mol. The quantitative estimate of drug-likeness (QED) is 0.840. The van der Waals surface area contributed by atoms with Crippen molar-refractivity contribution in [2.75, 3.05) is 12.3 Å². The third kappa shape index (κ3) is 3.30. The molecule has 0 amide bonds. The van der Waals surface area contributed by atoms with Gasteiger partial charge in [-0.05, 0) is 19.4 Å². The Balaban J connectivity index is 2.73. The van der Waals surface area contributed by atoms with E-state index in [1.54, 1.807) is 4.68 Å². The Labute approximate surface area is 104 Å². The molecule has 0 aliphatic heterocycles. The van der Waals surface area contributed by atoms with Crippen molar-refractivity contribution in [3.8, 4) is 0 Å². The van der Waals surface area contributed by atoms with E-state index in [0.29, 0.717) is 23.1 Å². The third-order valence-corrected chi connectivity index (χ3v) is 4.15. The van der Waals surface area contributed by atoms with Crippen LogP contribution in [0.1, 0.15) is 24.7 Å². The molecule has 6 heteroatoms. The number of aromatic nitrogens is 2. The Bertz CT molecular complexity index is 378. The van der Waals surface area contributed by atoms with E-state index < -0.39 is 10.8 Å². The maximum atomic E-state index is 11.7. The zero-order valence-corrected chi connectivity index (χ0v) is 11.3. The number of nitrogens with two attached hydrogens (primary N) is 1. The van der Waals surface area contributed by atoms with Crippen molar-refractivity contribution in [3.05, 3.63) is 16.4 Å². The maximum Gasteiger partial charge on any atom is 0.0859 e. The van der Waals surface area contributed by atoms with E-state index in [1.807, 2.05) is 14.0 Å². The van der Waals surface area contributed by atoms with Gasteiger partial charge in [-0.25, -0.2) is 0 Å². The summed E-state index contributed by atoms with van der Waals surface area (Å²) in [4.78, 5) is 0. The summed E-state index contributed by atoms with van der Waals surface area (Å²) in [6.45, 7) is 2.58. The minimum atomic E-state index is -0.905. The summed E-state index contributed by atoms with van der Waals surface area (Å²) in [5.74, 6) is 1.09. The Morgan fingerprint density at radius 2 is 2.25 bits per heavy atom. The molecule has 0 aliphatic carbocycles. The van der Waals surface area contributed by atoms with E-state index in [0.717, 1.165) is 24.2 Å². The molecule has 1 heterocycles. The highest BCUT2D eigenvalue weighted by Gasteiger charge is 2.14. The van der Waals surface area contributed by atoms with Crippen LogP contribution in [0.3, 0.4) is 0 Å². The Morgan fingerprint density at radius 1 is 1.56 bits per heavy atom. The van der Waals surface area contributed by atoms with Crippen molar-refractivity contribution in [1.82, 2.24) is 9.78 Å². The van der Waals surface area contributed by atoms with Gasteiger partial charge in [0.2, 0.25) is 0 Å². The second-order valence-corrected chi connectivity index (χ2v) is 5.57. The van der Waals surface area contributed by atoms with Crippen LogP contribution in [0.5, 0.6) is 0 Å². The van der Waals surface area contributed by atoms with Crippen molar-refractivity contribution in [3.63, 3.8) is 0 Å². The molecule has 16 heavy (non-hydrogen) atoms. The fourth-order valence-electron chi connectivity index (χ4n) is 1.45. The first kappa shape index (κ1) is 13.7. The van der Waals surface area contributed by atoms with E-state index >= 15 is 0 Å². The normalized spacial score (nSPS) is 13.0. The fourth-order valence-corrected chi connectivity index (χ4v) is 3.15. The highest BCUT2D eigenvalue weighted by atomic mass is 35.5. The number of hydrogen-bond acceptors (Lipinski definition) is 3. The van der Waals surface area contributed by atoms with Gasteiger partial charge in [-0.2, -0.15) is 5.10 Å². The lowest BCUT2D eigenvalue weighted by molar-refractivity contribution is 0.673. The molecule has 0 bridgehead atoms. The zero-order chi connectivity index (χ0) is 12.1. The number of hydrogen-bond donors (Lipinski definition) is 1. The van der Waals surface area contributed by atoms with Crippen molar-refractivity contribution in [2.45, 2.75) is 25.5 Å². The molecule has 1 rings (SSSR count). The number of rotatable bonds is 6. The first-order valence-corrected chi connectivity index (χ1v) is 7.22. The summed E-state index contributed by atoms with van der Waals surface area (Å²) >= 11 is 6.17. The Kier molecular flexibility index (Phi) is 5.44. The van der Waals surface area contributed by atoms with Gasteiger partial charge in [-0.3, -0.25) is 8.89 Å². The Morgan fingerprint density at radius 3 is 2.75 bits per heavy atom. The molecule has 0 fully saturated rings. The lowest BCUT2D eigenvalue weighted by Crippen LogP contribution is -2.09. The van der Waals surface area contributed by atoms with Crippen LogP contribution in [0.15, 0.2) is 0 Å². The van der Waals surface area contributed by atoms with Gasteiger partial charge in [0.05, 0.1) is 22.2 Å². The van der Waals surface area contributed by atoms with Crippen molar-refractivity contribution >= 4 is 22.4 Å². The SMILES string of the molecule is CCc1nn(C)c(CS(=O)CCCN)c1Cl. The molecule has 0 radical (unpaired) electrons. The highest BCUT2D eigenvalue weighted by molar-refractivity contribution is 7.84. The zero-order valence-electron chi connectivity index (χ0n) is 9.70. The van der Waals surface area contributed by atoms with Crippen LogP contribution in [-0.2, 0) is 30.0 Å². The number of aryl methyl sites for hydroxylation is 2. The molecule has 0 saturated carbocycles. The lowest BCUT2D eigenvalue weighted by atomic mass is 10.3. The van der Waals surface area contributed by atoms with Crippen LogP contribution in [0, 0.1) is 0 Å². The summed E-state index contributed by atoms with van der Waals surface area (Å²) in [6.07, 6.45) is 1.57. The minimum Gasteiger partial charge on any atom is -0.330 e. The van der Waals surface area contributed by atoms with Gasteiger partial charge < -0.3 is 5.73 Å². The maximum absolute atomic E-state index is 11.7. The molecule has 0 aliphatic rings. The predicted molar refractivity (Wildman–Crippen MR) is 68.0 cm³/mol. The molecular formula is C10H18ClN3OS. The summed E-state index contributed by atoms with van der Waals surface area (Å²) in [5, 5.41) is 4.95. The number of halogens is 1. The van der Waals surface area contributed by atoms with Crippen molar-refractivity contribution in [1.29, 1.82) is 0 Å². The average Bonchev–Trinajstić information content (AvgIpc) is 2.53. The highest BCUT2D eigenvalue weighted by Crippen LogP contribution is 2.22. The predicted octanol–water partition coefficient (Wildman–Crippen LogP) is 1.23. The molecule has 0 spiro atoms. The van der Waals surface area contributed by atoms with Crippen LogP contribution in [0.2, 0.25) is 5.02 Å². The molecule has 2 N–H and O–H groups in total. The fraction of sp³-hybridized carbons (Fsp3) is 0.700. The molecule has 1 aromatic heterocycles. The molecule has 1 aromatic rings. The largest absolute Gasteiger partial charge is 0.330 e. The van der Waals surface area contributed by atoms with Gasteiger partial charge in [0.1, 0.15) is 0 Å². The van der Waals surface area contributed by atoms with Gasteiger partial charge in [-0.1, -0.05) is 18.5 Å². The summed E-state index contributed by atoms with van der Waals surface area (Å²) in [6, 6.07) is 0. The minimum absolute atomic E-state index is 0.461. The smallest absolute Gasteiger partial charge is 0.0859 e. The molecular weight excluding hydrogens is 246 g/mol. The van der Waals surface area contributed by atoms with Gasteiger partial charge >= 0.3 is 0 Å². The molecule has 1 atom stereocenters. The topological polar surface area (TPSA) is 60.9 Å². The second kappa shape index (κ2) is 6.37. The summed E-state index contributed by atoms with van der Waals surface area (Å²) in [7, 11) is 0.928. The van der Waals surface area contributed by atoms with Crippen molar-refractivity contribution < 1.29 is 4.21 Å². The first-order valence-electron chi connectivity index (χ1n) is 5.35. The molecule has 0 saturated heterocycles. The third-order valence-electron chi connectivity index (χ3n) is 2.38. The van der Waals surface area contributed by atoms with Crippen LogP contribution in [0.25, 0.3) is 0 Å². The van der Waals surface area contributed by atoms with Crippen LogP contribution < -0.4 is 5.73 Å². The van der Waals surface area contributed by atoms with Gasteiger partial charge in [0.15, 0.2) is 0 Å². The van der Waals surface area contributed by atoms with E-state index in [-0.39, 0.29) is 0 Å². The first-order chi connectivity index (χ1) is 7.60.